The van der Waals surface area contributed by atoms with Crippen LogP contribution in [0, 0.1) is 0 Å². The molecule has 3 nitrogen and oxygen atoms in total. The van der Waals surface area contributed by atoms with Crippen LogP contribution in [0.15, 0.2) is 30.3 Å². The molecule has 96 valence electrons. The first-order valence-electron chi connectivity index (χ1n) is 6.30. The summed E-state index contributed by atoms with van der Waals surface area (Å²) in [5.74, 6) is 0. The maximum Gasteiger partial charge on any atom is 0.0443 e. The van der Waals surface area contributed by atoms with E-state index in [0.717, 1.165) is 25.9 Å². The molecule has 2 N–H and O–H groups in total. The predicted octanol–water partition coefficient (Wildman–Crippen LogP) is 1.81. The maximum atomic E-state index is 8.92. The molecule has 1 aromatic rings. The Hall–Kier alpha value is -0.900. The Morgan fingerprint density at radius 3 is 2.00 bits per heavy atom. The second-order valence-electron chi connectivity index (χ2n) is 4.28. The smallest absolute Gasteiger partial charge is 0.0443 e. The topological polar surface area (TPSA) is 43.7 Å². The van der Waals surface area contributed by atoms with Crippen molar-refractivity contribution in [3.63, 3.8) is 0 Å². The molecule has 1 rings (SSSR count). The fourth-order valence-electron chi connectivity index (χ4n) is 1.99. The summed E-state index contributed by atoms with van der Waals surface area (Å²) in [5, 5.41) is 17.8. The fourth-order valence-corrected chi connectivity index (χ4v) is 1.99. The highest BCUT2D eigenvalue weighted by Crippen LogP contribution is 2.20. The molecule has 0 aliphatic heterocycles. The molecule has 0 unspecified atom stereocenters. The quantitative estimate of drug-likeness (QED) is 0.725. The van der Waals surface area contributed by atoms with Gasteiger partial charge in [-0.3, -0.25) is 4.90 Å². The van der Waals surface area contributed by atoms with Gasteiger partial charge in [-0.25, -0.2) is 0 Å². The Bertz CT molecular complexity index is 282. The van der Waals surface area contributed by atoms with Crippen LogP contribution in [0.3, 0.4) is 0 Å². The standard InChI is InChI=1S/C14H23NO2/c1-13(14-7-3-2-4-8-14)15(9-5-11-16)10-6-12-17/h2-4,7-8,13,16-17H,5-6,9-12H2,1H3/t13-/m0/s1. The average Bonchev–Trinajstić information content (AvgIpc) is 2.39. The van der Waals surface area contributed by atoms with Crippen molar-refractivity contribution < 1.29 is 10.2 Å². The van der Waals surface area contributed by atoms with Crippen molar-refractivity contribution in [1.82, 2.24) is 4.90 Å². The number of aliphatic hydroxyl groups is 2. The van der Waals surface area contributed by atoms with Crippen molar-refractivity contribution in [3.8, 4) is 0 Å². The van der Waals surface area contributed by atoms with E-state index in [2.05, 4.69) is 24.0 Å². The molecule has 0 spiro atoms. The summed E-state index contributed by atoms with van der Waals surface area (Å²) in [7, 11) is 0. The fraction of sp³-hybridized carbons (Fsp3) is 0.571. The lowest BCUT2D eigenvalue weighted by Crippen LogP contribution is -2.30. The summed E-state index contributed by atoms with van der Waals surface area (Å²) in [6.07, 6.45) is 1.56. The summed E-state index contributed by atoms with van der Waals surface area (Å²) in [6, 6.07) is 10.7. The second-order valence-corrected chi connectivity index (χ2v) is 4.28. The lowest BCUT2D eigenvalue weighted by molar-refractivity contribution is 0.166. The largest absolute Gasteiger partial charge is 0.396 e. The molecule has 0 aliphatic rings. The second kappa shape index (κ2) is 8.23. The molecular weight excluding hydrogens is 214 g/mol. The van der Waals surface area contributed by atoms with Gasteiger partial charge in [-0.2, -0.15) is 0 Å². The molecule has 0 amide bonds. The van der Waals surface area contributed by atoms with Crippen LogP contribution in [-0.2, 0) is 0 Å². The number of hydrogen-bond acceptors (Lipinski definition) is 3. The molecule has 1 atom stereocenters. The van der Waals surface area contributed by atoms with Crippen LogP contribution < -0.4 is 0 Å². The Morgan fingerprint density at radius 1 is 1.00 bits per heavy atom. The van der Waals surface area contributed by atoms with Gasteiger partial charge in [-0.1, -0.05) is 30.3 Å². The number of aliphatic hydroxyl groups excluding tert-OH is 2. The minimum Gasteiger partial charge on any atom is -0.396 e. The first-order chi connectivity index (χ1) is 8.29. The Kier molecular flexibility index (Phi) is 6.86. The lowest BCUT2D eigenvalue weighted by Gasteiger charge is -2.29. The zero-order chi connectivity index (χ0) is 12.5. The van der Waals surface area contributed by atoms with Crippen LogP contribution >= 0.6 is 0 Å². The highest BCUT2D eigenvalue weighted by atomic mass is 16.3. The monoisotopic (exact) mass is 237 g/mol. The number of rotatable bonds is 8. The van der Waals surface area contributed by atoms with Crippen molar-refractivity contribution >= 4 is 0 Å². The SMILES string of the molecule is C[C@@H](c1ccccc1)N(CCCO)CCCO. The average molecular weight is 237 g/mol. The van der Waals surface area contributed by atoms with Gasteiger partial charge in [0.1, 0.15) is 0 Å². The van der Waals surface area contributed by atoms with Crippen molar-refractivity contribution in [1.29, 1.82) is 0 Å². The van der Waals surface area contributed by atoms with Gasteiger partial charge in [0.25, 0.3) is 0 Å². The van der Waals surface area contributed by atoms with Crippen molar-refractivity contribution in [3.05, 3.63) is 35.9 Å². The number of nitrogens with zero attached hydrogens (tertiary/aromatic N) is 1. The van der Waals surface area contributed by atoms with Gasteiger partial charge in [0, 0.05) is 32.3 Å². The van der Waals surface area contributed by atoms with Gasteiger partial charge < -0.3 is 10.2 Å². The molecule has 0 aromatic heterocycles. The highest BCUT2D eigenvalue weighted by Gasteiger charge is 2.14. The van der Waals surface area contributed by atoms with Crippen LogP contribution in [0.2, 0.25) is 0 Å². The predicted molar refractivity (Wildman–Crippen MR) is 69.8 cm³/mol. The molecule has 17 heavy (non-hydrogen) atoms. The van der Waals surface area contributed by atoms with E-state index >= 15 is 0 Å². The van der Waals surface area contributed by atoms with E-state index < -0.39 is 0 Å². The minimum absolute atomic E-state index is 0.219. The third kappa shape index (κ3) is 4.86. The summed E-state index contributed by atoms with van der Waals surface area (Å²) >= 11 is 0. The van der Waals surface area contributed by atoms with E-state index in [-0.39, 0.29) is 13.2 Å². The van der Waals surface area contributed by atoms with E-state index in [1.165, 1.54) is 5.56 Å². The van der Waals surface area contributed by atoms with E-state index in [0.29, 0.717) is 6.04 Å². The zero-order valence-electron chi connectivity index (χ0n) is 10.5. The summed E-state index contributed by atoms with van der Waals surface area (Å²) in [6.45, 7) is 4.34. The minimum atomic E-state index is 0.219. The Balaban J connectivity index is 2.61. The molecular formula is C14H23NO2. The Labute approximate surface area is 104 Å². The summed E-state index contributed by atoms with van der Waals surface area (Å²) < 4.78 is 0. The molecule has 1 aromatic carbocycles. The van der Waals surface area contributed by atoms with Gasteiger partial charge >= 0.3 is 0 Å². The molecule has 0 saturated carbocycles. The van der Waals surface area contributed by atoms with Crippen LogP contribution in [0.5, 0.6) is 0 Å². The van der Waals surface area contributed by atoms with Crippen LogP contribution in [0.1, 0.15) is 31.4 Å². The molecule has 3 heteroatoms. The van der Waals surface area contributed by atoms with Crippen LogP contribution in [0.4, 0.5) is 0 Å². The molecule has 0 fully saturated rings. The van der Waals surface area contributed by atoms with Gasteiger partial charge in [0.05, 0.1) is 0 Å². The Morgan fingerprint density at radius 2 is 1.53 bits per heavy atom. The first kappa shape index (κ1) is 14.2. The van der Waals surface area contributed by atoms with E-state index in [1.54, 1.807) is 0 Å². The van der Waals surface area contributed by atoms with Crippen LogP contribution in [0.25, 0.3) is 0 Å². The van der Waals surface area contributed by atoms with Gasteiger partial charge in [-0.05, 0) is 25.3 Å². The highest BCUT2D eigenvalue weighted by molar-refractivity contribution is 5.18. The molecule has 0 aliphatic carbocycles. The van der Waals surface area contributed by atoms with Crippen molar-refractivity contribution in [2.45, 2.75) is 25.8 Å². The van der Waals surface area contributed by atoms with E-state index in [9.17, 15) is 0 Å². The van der Waals surface area contributed by atoms with E-state index in [1.807, 2.05) is 18.2 Å². The van der Waals surface area contributed by atoms with Crippen molar-refractivity contribution in [2.75, 3.05) is 26.3 Å². The molecule has 0 radical (unpaired) electrons. The normalized spacial score (nSPS) is 12.9. The molecule has 0 heterocycles. The van der Waals surface area contributed by atoms with Gasteiger partial charge in [0.15, 0.2) is 0 Å². The third-order valence-electron chi connectivity index (χ3n) is 3.04. The zero-order valence-corrected chi connectivity index (χ0v) is 10.5. The van der Waals surface area contributed by atoms with E-state index in [4.69, 9.17) is 10.2 Å². The first-order valence-corrected chi connectivity index (χ1v) is 6.30. The lowest BCUT2D eigenvalue weighted by atomic mass is 10.1. The maximum absolute atomic E-state index is 8.92. The number of benzene rings is 1. The van der Waals surface area contributed by atoms with Crippen molar-refractivity contribution in [2.24, 2.45) is 0 Å². The summed E-state index contributed by atoms with van der Waals surface area (Å²) in [5.41, 5.74) is 1.28. The van der Waals surface area contributed by atoms with Crippen LogP contribution in [-0.4, -0.2) is 41.4 Å². The third-order valence-corrected chi connectivity index (χ3v) is 3.04. The molecule has 0 saturated heterocycles. The number of hydrogen-bond donors (Lipinski definition) is 2. The van der Waals surface area contributed by atoms with Gasteiger partial charge in [0.2, 0.25) is 0 Å². The summed E-state index contributed by atoms with van der Waals surface area (Å²) in [4.78, 5) is 2.31. The van der Waals surface area contributed by atoms with Gasteiger partial charge in [-0.15, -0.1) is 0 Å². The molecule has 0 bridgehead atoms.